The van der Waals surface area contributed by atoms with E-state index in [0.717, 1.165) is 18.9 Å². The zero-order valence-electron chi connectivity index (χ0n) is 9.75. The average molecular weight is 239 g/mol. The zero-order valence-corrected chi connectivity index (χ0v) is 9.75. The number of amides is 1. The van der Waals surface area contributed by atoms with Crippen molar-refractivity contribution in [2.24, 2.45) is 0 Å². The van der Waals surface area contributed by atoms with Crippen molar-refractivity contribution in [2.45, 2.75) is 32.5 Å². The van der Waals surface area contributed by atoms with Gasteiger partial charge in [-0.05, 0) is 37.5 Å². The van der Waals surface area contributed by atoms with E-state index in [-0.39, 0.29) is 17.5 Å². The van der Waals surface area contributed by atoms with Crippen molar-refractivity contribution in [2.75, 3.05) is 6.54 Å². The van der Waals surface area contributed by atoms with Crippen molar-refractivity contribution in [1.29, 1.82) is 0 Å². The van der Waals surface area contributed by atoms with Gasteiger partial charge in [-0.25, -0.2) is 8.78 Å². The smallest absolute Gasteiger partial charge is 0.257 e. The van der Waals surface area contributed by atoms with Gasteiger partial charge in [0.15, 0.2) is 0 Å². The maximum atomic E-state index is 13.6. The minimum Gasteiger partial charge on any atom is -0.336 e. The Morgan fingerprint density at radius 1 is 1.53 bits per heavy atom. The van der Waals surface area contributed by atoms with Gasteiger partial charge in [0.25, 0.3) is 5.91 Å². The number of rotatable bonds is 2. The Balaban J connectivity index is 2.29. The van der Waals surface area contributed by atoms with E-state index in [2.05, 4.69) is 0 Å². The fraction of sp³-hybridized carbons (Fsp3) is 0.462. The first-order valence-corrected chi connectivity index (χ1v) is 5.79. The highest BCUT2D eigenvalue weighted by Gasteiger charge is 2.27. The van der Waals surface area contributed by atoms with Gasteiger partial charge in [-0.15, -0.1) is 0 Å². The third-order valence-corrected chi connectivity index (χ3v) is 3.23. The molecular formula is C13H15F2NO. The van der Waals surface area contributed by atoms with Crippen LogP contribution in [-0.4, -0.2) is 23.4 Å². The van der Waals surface area contributed by atoms with E-state index >= 15 is 0 Å². The molecule has 1 aliphatic heterocycles. The third-order valence-electron chi connectivity index (χ3n) is 3.23. The normalized spacial score (nSPS) is 19.7. The largest absolute Gasteiger partial charge is 0.336 e. The van der Waals surface area contributed by atoms with Crippen LogP contribution in [0.2, 0.25) is 0 Å². The van der Waals surface area contributed by atoms with E-state index in [1.54, 1.807) is 4.90 Å². The molecule has 0 radical (unpaired) electrons. The third kappa shape index (κ3) is 2.30. The number of hydrogen-bond donors (Lipinski definition) is 0. The molecule has 0 bridgehead atoms. The van der Waals surface area contributed by atoms with Gasteiger partial charge >= 0.3 is 0 Å². The summed E-state index contributed by atoms with van der Waals surface area (Å²) < 4.78 is 26.1. The van der Waals surface area contributed by atoms with Crippen LogP contribution in [0.1, 0.15) is 35.7 Å². The maximum Gasteiger partial charge on any atom is 0.257 e. The Morgan fingerprint density at radius 3 is 2.88 bits per heavy atom. The first kappa shape index (κ1) is 12.0. The lowest BCUT2D eigenvalue weighted by Crippen LogP contribution is -2.34. The molecule has 0 aromatic heterocycles. The quantitative estimate of drug-likeness (QED) is 0.777. The van der Waals surface area contributed by atoms with E-state index in [0.29, 0.717) is 12.1 Å². The van der Waals surface area contributed by atoms with Gasteiger partial charge in [0.1, 0.15) is 12.5 Å². The summed E-state index contributed by atoms with van der Waals surface area (Å²) in [5.74, 6) is -0.908. The summed E-state index contributed by atoms with van der Waals surface area (Å²) in [5.41, 5.74) is 0.315. The molecule has 0 N–H and O–H groups in total. The number of benzene rings is 1. The number of nitrogens with zero attached hydrogens (tertiary/aromatic N) is 1. The summed E-state index contributed by atoms with van der Waals surface area (Å²) in [6, 6.07) is 3.96. The summed E-state index contributed by atoms with van der Waals surface area (Å²) in [6.07, 6.45) is 1.88. The molecule has 1 amide bonds. The molecule has 1 aromatic rings. The molecule has 17 heavy (non-hydrogen) atoms. The zero-order chi connectivity index (χ0) is 12.4. The Labute approximate surface area is 99.2 Å². The molecule has 2 nitrogen and oxygen atoms in total. The lowest BCUT2D eigenvalue weighted by Gasteiger charge is -2.21. The van der Waals surface area contributed by atoms with Crippen LogP contribution < -0.4 is 0 Å². The van der Waals surface area contributed by atoms with Crippen molar-refractivity contribution in [1.82, 2.24) is 4.90 Å². The molecule has 1 saturated heterocycles. The molecule has 1 atom stereocenters. The van der Waals surface area contributed by atoms with Crippen LogP contribution in [0.25, 0.3) is 0 Å². The molecule has 1 heterocycles. The van der Waals surface area contributed by atoms with Gasteiger partial charge < -0.3 is 4.90 Å². The molecule has 1 aromatic carbocycles. The van der Waals surface area contributed by atoms with Crippen LogP contribution >= 0.6 is 0 Å². The van der Waals surface area contributed by atoms with Crippen molar-refractivity contribution in [3.8, 4) is 0 Å². The number of likely N-dealkylation sites (tertiary alicyclic amines) is 1. The molecule has 1 aliphatic rings. The standard InChI is InChI=1S/C13H15F2NO/c1-9-3-2-6-16(9)13(17)11-7-10(8-14)4-5-12(11)15/h4-5,7,9H,2-3,6,8H2,1H3. The van der Waals surface area contributed by atoms with Crippen LogP contribution in [0.15, 0.2) is 18.2 Å². The molecule has 2 rings (SSSR count). The Bertz CT molecular complexity index is 433. The van der Waals surface area contributed by atoms with Crippen molar-refractivity contribution in [3.05, 3.63) is 35.1 Å². The summed E-state index contributed by atoms with van der Waals surface area (Å²) in [5, 5.41) is 0. The molecule has 0 spiro atoms. The van der Waals surface area contributed by atoms with Gasteiger partial charge in [-0.1, -0.05) is 6.07 Å². The van der Waals surface area contributed by atoms with E-state index in [1.807, 2.05) is 6.92 Å². The van der Waals surface area contributed by atoms with Gasteiger partial charge in [-0.3, -0.25) is 4.79 Å². The van der Waals surface area contributed by atoms with Crippen LogP contribution in [0, 0.1) is 5.82 Å². The van der Waals surface area contributed by atoms with Gasteiger partial charge in [0, 0.05) is 12.6 Å². The monoisotopic (exact) mass is 239 g/mol. The first-order valence-electron chi connectivity index (χ1n) is 5.79. The number of halogens is 2. The molecular weight excluding hydrogens is 224 g/mol. The topological polar surface area (TPSA) is 20.3 Å². The summed E-state index contributed by atoms with van der Waals surface area (Å²) in [7, 11) is 0. The molecule has 0 aliphatic carbocycles. The molecule has 0 saturated carbocycles. The second-order valence-electron chi connectivity index (χ2n) is 4.44. The van der Waals surface area contributed by atoms with Gasteiger partial charge in [0.2, 0.25) is 0 Å². The molecule has 1 fully saturated rings. The lowest BCUT2D eigenvalue weighted by atomic mass is 10.1. The molecule has 1 unspecified atom stereocenters. The minimum atomic E-state index is -0.684. The van der Waals surface area contributed by atoms with Crippen molar-refractivity contribution < 1.29 is 13.6 Å². The van der Waals surface area contributed by atoms with E-state index in [1.165, 1.54) is 12.1 Å². The van der Waals surface area contributed by atoms with E-state index < -0.39 is 12.5 Å². The Kier molecular flexibility index (Phi) is 3.41. The predicted molar refractivity (Wildman–Crippen MR) is 60.9 cm³/mol. The summed E-state index contributed by atoms with van der Waals surface area (Å²) >= 11 is 0. The fourth-order valence-corrected chi connectivity index (χ4v) is 2.21. The van der Waals surface area contributed by atoms with E-state index in [9.17, 15) is 13.6 Å². The Hall–Kier alpha value is -1.45. The second-order valence-corrected chi connectivity index (χ2v) is 4.44. The minimum absolute atomic E-state index is 0.0195. The second kappa shape index (κ2) is 4.82. The van der Waals surface area contributed by atoms with Crippen molar-refractivity contribution in [3.63, 3.8) is 0 Å². The number of carbonyl (C=O) groups is 1. The SMILES string of the molecule is CC1CCCN1C(=O)c1cc(CF)ccc1F. The summed E-state index contributed by atoms with van der Waals surface area (Å²) in [6.45, 7) is 1.91. The molecule has 92 valence electrons. The lowest BCUT2D eigenvalue weighted by molar-refractivity contribution is 0.0742. The maximum absolute atomic E-state index is 13.6. The van der Waals surface area contributed by atoms with Gasteiger partial charge in [0.05, 0.1) is 5.56 Å². The van der Waals surface area contributed by atoms with E-state index in [4.69, 9.17) is 0 Å². The van der Waals surface area contributed by atoms with Crippen LogP contribution in [0.3, 0.4) is 0 Å². The van der Waals surface area contributed by atoms with Crippen LogP contribution in [0.5, 0.6) is 0 Å². The fourth-order valence-electron chi connectivity index (χ4n) is 2.21. The van der Waals surface area contributed by atoms with Gasteiger partial charge in [-0.2, -0.15) is 0 Å². The predicted octanol–water partition coefficient (Wildman–Crippen LogP) is 2.92. The number of alkyl halides is 1. The highest BCUT2D eigenvalue weighted by molar-refractivity contribution is 5.95. The average Bonchev–Trinajstić information content (AvgIpc) is 2.75. The number of hydrogen-bond acceptors (Lipinski definition) is 1. The highest BCUT2D eigenvalue weighted by Crippen LogP contribution is 2.21. The Morgan fingerprint density at radius 2 is 2.29 bits per heavy atom. The number of carbonyl (C=O) groups excluding carboxylic acids is 1. The van der Waals surface area contributed by atoms with Crippen LogP contribution in [0.4, 0.5) is 8.78 Å². The highest BCUT2D eigenvalue weighted by atomic mass is 19.1. The molecule has 4 heteroatoms. The van der Waals surface area contributed by atoms with Crippen molar-refractivity contribution >= 4 is 5.91 Å². The summed E-state index contributed by atoms with van der Waals surface area (Å²) in [4.78, 5) is 13.8. The first-order chi connectivity index (χ1) is 8.13. The van der Waals surface area contributed by atoms with Crippen LogP contribution in [-0.2, 0) is 6.67 Å².